The van der Waals surface area contributed by atoms with Crippen molar-refractivity contribution in [2.45, 2.75) is 39.5 Å². The van der Waals surface area contributed by atoms with E-state index in [0.29, 0.717) is 11.8 Å². The molecule has 3 nitrogen and oxygen atoms in total. The second-order valence-electron chi connectivity index (χ2n) is 6.03. The molecular formula is C17H21N3. The summed E-state index contributed by atoms with van der Waals surface area (Å²) in [5, 5.41) is 0. The molecule has 1 N–H and O–H groups in total. The van der Waals surface area contributed by atoms with Crippen LogP contribution in [0.1, 0.15) is 62.2 Å². The number of hydrogen-bond acceptors (Lipinski definition) is 2. The van der Waals surface area contributed by atoms with Crippen molar-refractivity contribution >= 4 is 5.71 Å². The Balaban J connectivity index is 2.20. The lowest BCUT2D eigenvalue weighted by molar-refractivity contribution is 0.794. The van der Waals surface area contributed by atoms with Gasteiger partial charge in [0.25, 0.3) is 0 Å². The molecule has 1 aliphatic carbocycles. The van der Waals surface area contributed by atoms with Crippen LogP contribution in [0, 0.1) is 0 Å². The number of benzene rings is 1. The van der Waals surface area contributed by atoms with Gasteiger partial charge in [0, 0.05) is 24.1 Å². The Bertz CT molecular complexity index is 690. The first kappa shape index (κ1) is 13.1. The lowest BCUT2D eigenvalue weighted by atomic mass is 9.97. The van der Waals surface area contributed by atoms with Crippen LogP contribution in [0.4, 0.5) is 0 Å². The fourth-order valence-electron chi connectivity index (χ4n) is 2.72. The van der Waals surface area contributed by atoms with Crippen molar-refractivity contribution in [2.75, 3.05) is 7.05 Å². The Morgan fingerprint density at radius 2 is 1.80 bits per heavy atom. The van der Waals surface area contributed by atoms with Crippen molar-refractivity contribution in [1.29, 1.82) is 0 Å². The van der Waals surface area contributed by atoms with Gasteiger partial charge in [-0.3, -0.25) is 4.99 Å². The number of fused-ring (bicyclic) bond motifs is 3. The van der Waals surface area contributed by atoms with Gasteiger partial charge >= 0.3 is 0 Å². The summed E-state index contributed by atoms with van der Waals surface area (Å²) in [5.41, 5.74) is 6.93. The average molecular weight is 267 g/mol. The molecule has 0 amide bonds. The first-order chi connectivity index (χ1) is 9.52. The van der Waals surface area contributed by atoms with E-state index in [1.807, 2.05) is 7.05 Å². The highest BCUT2D eigenvalue weighted by Crippen LogP contribution is 2.37. The summed E-state index contributed by atoms with van der Waals surface area (Å²) in [6, 6.07) is 6.65. The van der Waals surface area contributed by atoms with Crippen molar-refractivity contribution in [3.05, 3.63) is 40.8 Å². The van der Waals surface area contributed by atoms with Gasteiger partial charge in [-0.05, 0) is 17.5 Å². The van der Waals surface area contributed by atoms with Crippen LogP contribution in [0.25, 0.3) is 11.3 Å². The molecule has 20 heavy (non-hydrogen) atoms. The summed E-state index contributed by atoms with van der Waals surface area (Å²) >= 11 is 0. The number of aromatic nitrogens is 2. The maximum Gasteiger partial charge on any atom is 0.109 e. The van der Waals surface area contributed by atoms with Gasteiger partial charge in [0.2, 0.25) is 0 Å². The molecule has 1 aliphatic rings. The molecule has 1 aromatic heterocycles. The van der Waals surface area contributed by atoms with E-state index >= 15 is 0 Å². The quantitative estimate of drug-likeness (QED) is 0.746. The van der Waals surface area contributed by atoms with Gasteiger partial charge in [-0.25, -0.2) is 4.98 Å². The second-order valence-corrected chi connectivity index (χ2v) is 6.03. The lowest BCUT2D eigenvalue weighted by Crippen LogP contribution is -2.02. The summed E-state index contributed by atoms with van der Waals surface area (Å²) in [5.74, 6) is 1.96. The van der Waals surface area contributed by atoms with Crippen molar-refractivity contribution in [2.24, 2.45) is 4.99 Å². The van der Waals surface area contributed by atoms with Crippen LogP contribution in [0.15, 0.2) is 23.2 Å². The number of rotatable bonds is 2. The predicted molar refractivity (Wildman–Crippen MR) is 83.8 cm³/mol. The largest absolute Gasteiger partial charge is 0.340 e. The highest BCUT2D eigenvalue weighted by molar-refractivity contribution is 6.23. The molecule has 0 fully saturated rings. The minimum Gasteiger partial charge on any atom is -0.340 e. The molecule has 0 saturated carbocycles. The van der Waals surface area contributed by atoms with Crippen LogP contribution >= 0.6 is 0 Å². The van der Waals surface area contributed by atoms with Gasteiger partial charge in [0.15, 0.2) is 0 Å². The monoisotopic (exact) mass is 267 g/mol. The summed E-state index contributed by atoms with van der Waals surface area (Å²) in [7, 11) is 1.85. The highest BCUT2D eigenvalue weighted by Gasteiger charge is 2.29. The first-order valence-electron chi connectivity index (χ1n) is 7.24. The maximum absolute atomic E-state index is 4.77. The molecule has 1 heterocycles. The smallest absolute Gasteiger partial charge is 0.109 e. The Hall–Kier alpha value is -1.90. The van der Waals surface area contributed by atoms with Crippen LogP contribution in [0.5, 0.6) is 0 Å². The van der Waals surface area contributed by atoms with Gasteiger partial charge in [-0.15, -0.1) is 0 Å². The minimum absolute atomic E-state index is 0.400. The third-order valence-electron chi connectivity index (χ3n) is 3.95. The third kappa shape index (κ3) is 1.80. The van der Waals surface area contributed by atoms with Crippen LogP contribution < -0.4 is 0 Å². The van der Waals surface area contributed by atoms with Gasteiger partial charge in [-0.2, -0.15) is 0 Å². The van der Waals surface area contributed by atoms with Crippen molar-refractivity contribution < 1.29 is 0 Å². The van der Waals surface area contributed by atoms with Crippen molar-refractivity contribution in [3.8, 4) is 11.3 Å². The topological polar surface area (TPSA) is 41.0 Å². The Labute approximate surface area is 120 Å². The highest BCUT2D eigenvalue weighted by atomic mass is 15.0. The normalized spacial score (nSPS) is 15.2. The third-order valence-corrected chi connectivity index (χ3v) is 3.95. The molecule has 0 unspecified atom stereocenters. The number of imidazole rings is 1. The van der Waals surface area contributed by atoms with E-state index in [4.69, 9.17) is 4.98 Å². The molecule has 0 saturated heterocycles. The van der Waals surface area contributed by atoms with E-state index in [1.54, 1.807) is 0 Å². The fourth-order valence-corrected chi connectivity index (χ4v) is 2.72. The molecule has 3 heteroatoms. The molecule has 0 radical (unpaired) electrons. The zero-order valence-corrected chi connectivity index (χ0v) is 12.8. The van der Waals surface area contributed by atoms with Gasteiger partial charge < -0.3 is 4.98 Å². The number of aromatic amines is 1. The molecule has 0 atom stereocenters. The molecule has 104 valence electrons. The number of hydrogen-bond donors (Lipinski definition) is 1. The molecular weight excluding hydrogens is 246 g/mol. The van der Waals surface area contributed by atoms with Gasteiger partial charge in [0.1, 0.15) is 5.82 Å². The molecule has 3 rings (SSSR count). The molecule has 0 spiro atoms. The van der Waals surface area contributed by atoms with E-state index in [2.05, 4.69) is 55.9 Å². The molecule has 0 bridgehead atoms. The minimum atomic E-state index is 0.400. The average Bonchev–Trinajstić information content (AvgIpc) is 2.94. The molecule has 2 aromatic rings. The summed E-state index contributed by atoms with van der Waals surface area (Å²) in [6.07, 6.45) is 0. The first-order valence-corrected chi connectivity index (χ1v) is 7.24. The maximum atomic E-state index is 4.77. The molecule has 0 aliphatic heterocycles. The van der Waals surface area contributed by atoms with Gasteiger partial charge in [-0.1, -0.05) is 39.8 Å². The Kier molecular flexibility index (Phi) is 3.00. The summed E-state index contributed by atoms with van der Waals surface area (Å²) in [4.78, 5) is 12.7. The molecule has 1 aromatic carbocycles. The summed E-state index contributed by atoms with van der Waals surface area (Å²) < 4.78 is 0. The van der Waals surface area contributed by atoms with Crippen molar-refractivity contribution in [3.63, 3.8) is 0 Å². The van der Waals surface area contributed by atoms with Crippen molar-refractivity contribution in [1.82, 2.24) is 9.97 Å². The number of nitrogens with one attached hydrogen (secondary N) is 1. The van der Waals surface area contributed by atoms with Crippen LogP contribution in [-0.4, -0.2) is 22.7 Å². The zero-order chi connectivity index (χ0) is 14.4. The van der Waals surface area contributed by atoms with E-state index in [1.165, 1.54) is 16.7 Å². The zero-order valence-electron chi connectivity index (χ0n) is 12.8. The van der Waals surface area contributed by atoms with E-state index in [9.17, 15) is 0 Å². The van der Waals surface area contributed by atoms with Crippen LogP contribution in [0.3, 0.4) is 0 Å². The fraction of sp³-hybridized carbons (Fsp3) is 0.412. The standard InChI is InChI=1S/C17H21N3/c1-9(2)11-6-7-12-13(8-11)14(18-5)16-15(12)19-17(20-16)10(3)4/h6-10H,1-5H3,(H,19,20). The Morgan fingerprint density at radius 3 is 2.40 bits per heavy atom. The SMILES string of the molecule is CN=C1c2cc(C(C)C)ccc2-c2nc(C(C)C)[nH]c21. The van der Waals surface area contributed by atoms with E-state index in [-0.39, 0.29) is 0 Å². The summed E-state index contributed by atoms with van der Waals surface area (Å²) in [6.45, 7) is 8.74. The van der Waals surface area contributed by atoms with Crippen LogP contribution in [0.2, 0.25) is 0 Å². The number of nitrogens with zero attached hydrogens (tertiary/aromatic N) is 2. The second kappa shape index (κ2) is 4.58. The van der Waals surface area contributed by atoms with Crippen LogP contribution in [-0.2, 0) is 0 Å². The predicted octanol–water partition coefficient (Wildman–Crippen LogP) is 4.10. The lowest BCUT2D eigenvalue weighted by Gasteiger charge is -2.09. The Morgan fingerprint density at radius 1 is 1.05 bits per heavy atom. The van der Waals surface area contributed by atoms with E-state index < -0.39 is 0 Å². The number of H-pyrrole nitrogens is 1. The van der Waals surface area contributed by atoms with Gasteiger partial charge in [0.05, 0.1) is 17.1 Å². The van der Waals surface area contributed by atoms with E-state index in [0.717, 1.165) is 22.9 Å². The number of aliphatic imine (C=N–C) groups is 1.